The molecule has 94 valence electrons. The van der Waals surface area contributed by atoms with Crippen molar-refractivity contribution >= 4 is 23.0 Å². The first-order valence-electron chi connectivity index (χ1n) is 5.92. The van der Waals surface area contributed by atoms with Gasteiger partial charge in [0.05, 0.1) is 17.0 Å². The van der Waals surface area contributed by atoms with E-state index < -0.39 is 0 Å². The first kappa shape index (κ1) is 12.5. The zero-order valence-corrected chi connectivity index (χ0v) is 11.1. The SMILES string of the molecule is CC1(C)CC(Nc2ccc(Cl)cc2N)CCO1. The maximum Gasteiger partial charge on any atom is 0.0646 e. The third kappa shape index (κ3) is 3.27. The molecule has 17 heavy (non-hydrogen) atoms. The molecule has 1 aromatic carbocycles. The van der Waals surface area contributed by atoms with Gasteiger partial charge in [0, 0.05) is 17.7 Å². The molecule has 1 heterocycles. The second kappa shape index (κ2) is 4.75. The lowest BCUT2D eigenvalue weighted by atomic mass is 9.94. The van der Waals surface area contributed by atoms with Crippen molar-refractivity contribution in [3.63, 3.8) is 0 Å². The fourth-order valence-electron chi connectivity index (χ4n) is 2.24. The van der Waals surface area contributed by atoms with Crippen LogP contribution in [-0.2, 0) is 4.74 Å². The Morgan fingerprint density at radius 2 is 2.24 bits per heavy atom. The van der Waals surface area contributed by atoms with Crippen LogP contribution in [0, 0.1) is 0 Å². The van der Waals surface area contributed by atoms with Gasteiger partial charge in [0.15, 0.2) is 0 Å². The van der Waals surface area contributed by atoms with E-state index in [0.29, 0.717) is 16.8 Å². The van der Waals surface area contributed by atoms with Crippen molar-refractivity contribution in [3.05, 3.63) is 23.2 Å². The Morgan fingerprint density at radius 1 is 1.47 bits per heavy atom. The summed E-state index contributed by atoms with van der Waals surface area (Å²) in [5.74, 6) is 0. The Morgan fingerprint density at radius 3 is 2.88 bits per heavy atom. The second-order valence-corrected chi connectivity index (χ2v) is 5.61. The lowest BCUT2D eigenvalue weighted by Crippen LogP contribution is -2.40. The van der Waals surface area contributed by atoms with Gasteiger partial charge in [-0.1, -0.05) is 11.6 Å². The van der Waals surface area contributed by atoms with Gasteiger partial charge in [-0.3, -0.25) is 0 Å². The molecule has 1 saturated heterocycles. The number of hydrogen-bond acceptors (Lipinski definition) is 3. The predicted molar refractivity (Wildman–Crippen MR) is 72.5 cm³/mol. The van der Waals surface area contributed by atoms with Crippen LogP contribution in [0.4, 0.5) is 11.4 Å². The molecule has 1 aliphatic rings. The summed E-state index contributed by atoms with van der Waals surface area (Å²) >= 11 is 5.88. The van der Waals surface area contributed by atoms with Gasteiger partial charge in [-0.05, 0) is 44.9 Å². The van der Waals surface area contributed by atoms with Crippen LogP contribution >= 0.6 is 11.6 Å². The molecular formula is C13H19ClN2O. The molecule has 1 aliphatic heterocycles. The Kier molecular flexibility index (Phi) is 3.50. The number of ether oxygens (including phenoxy) is 1. The van der Waals surface area contributed by atoms with E-state index in [-0.39, 0.29) is 5.60 Å². The monoisotopic (exact) mass is 254 g/mol. The summed E-state index contributed by atoms with van der Waals surface area (Å²) in [6, 6.07) is 5.96. The summed E-state index contributed by atoms with van der Waals surface area (Å²) in [6.07, 6.45) is 1.99. The van der Waals surface area contributed by atoms with Gasteiger partial charge in [-0.2, -0.15) is 0 Å². The predicted octanol–water partition coefficient (Wildman–Crippen LogP) is 3.29. The summed E-state index contributed by atoms with van der Waals surface area (Å²) in [4.78, 5) is 0. The van der Waals surface area contributed by atoms with E-state index in [1.54, 1.807) is 6.07 Å². The molecule has 0 amide bonds. The smallest absolute Gasteiger partial charge is 0.0646 e. The van der Waals surface area contributed by atoms with Crippen LogP contribution < -0.4 is 11.1 Å². The van der Waals surface area contributed by atoms with Crippen LogP contribution in [-0.4, -0.2) is 18.2 Å². The molecule has 0 bridgehead atoms. The second-order valence-electron chi connectivity index (χ2n) is 5.17. The van der Waals surface area contributed by atoms with E-state index in [9.17, 15) is 0 Å². The molecule has 1 fully saturated rings. The summed E-state index contributed by atoms with van der Waals surface area (Å²) in [6.45, 7) is 5.02. The highest BCUT2D eigenvalue weighted by atomic mass is 35.5. The third-order valence-corrected chi connectivity index (χ3v) is 3.31. The zero-order chi connectivity index (χ0) is 12.5. The minimum atomic E-state index is -0.0584. The number of hydrogen-bond donors (Lipinski definition) is 2. The molecule has 1 atom stereocenters. The standard InChI is InChI=1S/C13H19ClN2O/c1-13(2)8-10(5-6-17-13)16-12-4-3-9(14)7-11(12)15/h3-4,7,10,16H,5-6,8,15H2,1-2H3. The third-order valence-electron chi connectivity index (χ3n) is 3.07. The van der Waals surface area contributed by atoms with Gasteiger partial charge in [-0.25, -0.2) is 0 Å². The number of halogens is 1. The topological polar surface area (TPSA) is 47.3 Å². The van der Waals surface area contributed by atoms with Gasteiger partial charge in [-0.15, -0.1) is 0 Å². The number of nitrogen functional groups attached to an aromatic ring is 1. The summed E-state index contributed by atoms with van der Waals surface area (Å²) in [7, 11) is 0. The molecule has 0 radical (unpaired) electrons. The highest BCUT2D eigenvalue weighted by molar-refractivity contribution is 6.31. The largest absolute Gasteiger partial charge is 0.397 e. The van der Waals surface area contributed by atoms with Gasteiger partial charge in [0.1, 0.15) is 0 Å². The quantitative estimate of drug-likeness (QED) is 0.797. The number of anilines is 2. The van der Waals surface area contributed by atoms with E-state index in [1.807, 2.05) is 12.1 Å². The molecule has 3 nitrogen and oxygen atoms in total. The summed E-state index contributed by atoms with van der Waals surface area (Å²) < 4.78 is 5.69. The molecule has 0 aliphatic carbocycles. The van der Waals surface area contributed by atoms with Crippen molar-refractivity contribution in [1.29, 1.82) is 0 Å². The molecule has 1 unspecified atom stereocenters. The van der Waals surface area contributed by atoms with Crippen molar-refractivity contribution in [1.82, 2.24) is 0 Å². The molecule has 1 aromatic rings. The molecule has 0 aromatic heterocycles. The van der Waals surface area contributed by atoms with Crippen molar-refractivity contribution in [2.45, 2.75) is 38.3 Å². The minimum Gasteiger partial charge on any atom is -0.397 e. The first-order chi connectivity index (χ1) is 7.96. The molecule has 0 saturated carbocycles. The highest BCUT2D eigenvalue weighted by Crippen LogP contribution is 2.29. The van der Waals surface area contributed by atoms with Crippen LogP contribution in [0.25, 0.3) is 0 Å². The molecule has 3 N–H and O–H groups in total. The van der Waals surface area contributed by atoms with E-state index >= 15 is 0 Å². The number of nitrogens with two attached hydrogens (primary N) is 1. The maximum absolute atomic E-state index is 5.93. The normalized spacial score (nSPS) is 23.4. The first-order valence-corrected chi connectivity index (χ1v) is 6.30. The summed E-state index contributed by atoms with van der Waals surface area (Å²) in [5.41, 5.74) is 7.52. The zero-order valence-electron chi connectivity index (χ0n) is 10.3. The van der Waals surface area contributed by atoms with Crippen LogP contribution in [0.2, 0.25) is 5.02 Å². The molecular weight excluding hydrogens is 236 g/mol. The average Bonchev–Trinajstić information content (AvgIpc) is 2.21. The molecule has 2 rings (SSSR count). The number of nitrogens with one attached hydrogen (secondary N) is 1. The lowest BCUT2D eigenvalue weighted by molar-refractivity contribution is -0.0553. The summed E-state index contributed by atoms with van der Waals surface area (Å²) in [5, 5.41) is 4.14. The van der Waals surface area contributed by atoms with Crippen molar-refractivity contribution in [2.75, 3.05) is 17.7 Å². The maximum atomic E-state index is 5.93. The Bertz CT molecular complexity index is 406. The van der Waals surface area contributed by atoms with Crippen molar-refractivity contribution in [2.24, 2.45) is 0 Å². The van der Waals surface area contributed by atoms with Gasteiger partial charge in [0.25, 0.3) is 0 Å². The van der Waals surface area contributed by atoms with E-state index in [2.05, 4.69) is 19.2 Å². The molecule has 0 spiro atoms. The fraction of sp³-hybridized carbons (Fsp3) is 0.538. The average molecular weight is 255 g/mol. The van der Waals surface area contributed by atoms with E-state index in [1.165, 1.54) is 0 Å². The lowest BCUT2D eigenvalue weighted by Gasteiger charge is -2.36. The van der Waals surface area contributed by atoms with Gasteiger partial charge >= 0.3 is 0 Å². The van der Waals surface area contributed by atoms with E-state index in [0.717, 1.165) is 25.1 Å². The van der Waals surface area contributed by atoms with Crippen molar-refractivity contribution < 1.29 is 4.74 Å². The Labute approximate surface area is 107 Å². The van der Waals surface area contributed by atoms with Gasteiger partial charge < -0.3 is 15.8 Å². The van der Waals surface area contributed by atoms with Crippen LogP contribution in [0.15, 0.2) is 18.2 Å². The number of rotatable bonds is 2. The van der Waals surface area contributed by atoms with Crippen LogP contribution in [0.1, 0.15) is 26.7 Å². The Balaban J connectivity index is 2.05. The Hall–Kier alpha value is -0.930. The highest BCUT2D eigenvalue weighted by Gasteiger charge is 2.28. The minimum absolute atomic E-state index is 0.0584. The van der Waals surface area contributed by atoms with Crippen LogP contribution in [0.5, 0.6) is 0 Å². The van der Waals surface area contributed by atoms with Gasteiger partial charge in [0.2, 0.25) is 0 Å². The molecule has 4 heteroatoms. The van der Waals surface area contributed by atoms with E-state index in [4.69, 9.17) is 22.1 Å². The number of benzene rings is 1. The van der Waals surface area contributed by atoms with Crippen molar-refractivity contribution in [3.8, 4) is 0 Å². The fourth-order valence-corrected chi connectivity index (χ4v) is 2.42. The van der Waals surface area contributed by atoms with Crippen LogP contribution in [0.3, 0.4) is 0 Å².